The van der Waals surface area contributed by atoms with Gasteiger partial charge in [0.05, 0.1) is 5.92 Å². The van der Waals surface area contributed by atoms with Gasteiger partial charge in [0.2, 0.25) is 11.8 Å². The van der Waals surface area contributed by atoms with E-state index in [2.05, 4.69) is 20.4 Å². The van der Waals surface area contributed by atoms with Crippen LogP contribution in [0.5, 0.6) is 5.75 Å². The van der Waals surface area contributed by atoms with Gasteiger partial charge < -0.3 is 4.74 Å². The minimum atomic E-state index is -0.285. The molecule has 6 heteroatoms. The quantitative estimate of drug-likeness (QED) is 0.474. The van der Waals surface area contributed by atoms with Crippen LogP contribution in [0.2, 0.25) is 0 Å². The number of aryl methyl sites for hydroxylation is 1. The van der Waals surface area contributed by atoms with Crippen LogP contribution in [0.25, 0.3) is 0 Å². The summed E-state index contributed by atoms with van der Waals surface area (Å²) in [4.78, 5) is 28.6. The van der Waals surface area contributed by atoms with E-state index in [1.165, 1.54) is 12.8 Å². The van der Waals surface area contributed by atoms with Gasteiger partial charge in [0.15, 0.2) is 0 Å². The third kappa shape index (κ3) is 5.07. The molecule has 2 aromatic rings. The van der Waals surface area contributed by atoms with Gasteiger partial charge >= 0.3 is 0 Å². The number of amides is 2. The van der Waals surface area contributed by atoms with Gasteiger partial charge in [0, 0.05) is 35.9 Å². The highest BCUT2D eigenvalue weighted by Crippen LogP contribution is 2.40. The fraction of sp³-hybridized carbons (Fsp3) is 0.458. The van der Waals surface area contributed by atoms with Crippen molar-refractivity contribution in [2.24, 2.45) is 5.92 Å². The summed E-state index contributed by atoms with van der Waals surface area (Å²) in [6.07, 6.45) is 2.72. The maximum Gasteiger partial charge on any atom is 0.236 e. The molecule has 30 heavy (non-hydrogen) atoms. The Morgan fingerprint density at radius 3 is 2.40 bits per heavy atom. The Labute approximate surface area is 181 Å². The third-order valence-electron chi connectivity index (χ3n) is 5.67. The highest BCUT2D eigenvalue weighted by atomic mass is 31.0. The lowest BCUT2D eigenvalue weighted by molar-refractivity contribution is -0.133. The molecule has 1 aromatic carbocycles. The number of carbonyl (C=O) groups is 2. The molecule has 1 aliphatic carbocycles. The Hall–Kier alpha value is -2.26. The van der Waals surface area contributed by atoms with E-state index in [1.54, 1.807) is 0 Å². The van der Waals surface area contributed by atoms with E-state index in [0.29, 0.717) is 12.5 Å². The molecule has 5 nitrogen and oxygen atoms in total. The topological polar surface area (TPSA) is 59.5 Å². The SMILES string of the molecule is CC.Cc1cc(OCc2ccc(C(C)C3CC(=O)N(P)C3=O)cc2)cc(C2CC2)n1. The van der Waals surface area contributed by atoms with E-state index in [1.807, 2.05) is 58.0 Å². The lowest BCUT2D eigenvalue weighted by atomic mass is 9.86. The van der Waals surface area contributed by atoms with Crippen molar-refractivity contribution >= 4 is 21.2 Å². The number of nitrogens with zero attached hydrogens (tertiary/aromatic N) is 2. The number of pyridine rings is 1. The van der Waals surface area contributed by atoms with Crippen molar-refractivity contribution in [2.45, 2.75) is 65.4 Å². The second-order valence-electron chi connectivity index (χ2n) is 7.87. The number of ether oxygens (including phenoxy) is 1. The number of hydrogen-bond acceptors (Lipinski definition) is 4. The number of rotatable bonds is 6. The van der Waals surface area contributed by atoms with Gasteiger partial charge in [0.1, 0.15) is 12.4 Å². The molecule has 4 rings (SSSR count). The summed E-state index contributed by atoms with van der Waals surface area (Å²) in [6, 6.07) is 12.1. The first-order valence-electron chi connectivity index (χ1n) is 10.7. The minimum absolute atomic E-state index is 0.000848. The zero-order valence-corrected chi connectivity index (χ0v) is 19.4. The first kappa shape index (κ1) is 22.4. The van der Waals surface area contributed by atoms with Crippen molar-refractivity contribution in [3.05, 3.63) is 58.9 Å². The summed E-state index contributed by atoms with van der Waals surface area (Å²) in [5.74, 6) is 0.936. The van der Waals surface area contributed by atoms with Crippen LogP contribution in [-0.2, 0) is 16.2 Å². The zero-order valence-electron chi connectivity index (χ0n) is 18.2. The molecule has 3 atom stereocenters. The highest BCUT2D eigenvalue weighted by Gasteiger charge is 2.39. The van der Waals surface area contributed by atoms with E-state index in [-0.39, 0.29) is 30.1 Å². The summed E-state index contributed by atoms with van der Waals surface area (Å²) in [6.45, 7) is 8.49. The second-order valence-corrected chi connectivity index (χ2v) is 8.39. The first-order chi connectivity index (χ1) is 14.4. The Kier molecular flexibility index (Phi) is 7.25. The van der Waals surface area contributed by atoms with Crippen LogP contribution in [0.3, 0.4) is 0 Å². The van der Waals surface area contributed by atoms with Crippen molar-refractivity contribution in [1.82, 2.24) is 9.65 Å². The molecular weight excluding hydrogens is 395 g/mol. The van der Waals surface area contributed by atoms with Crippen LogP contribution in [0, 0.1) is 12.8 Å². The number of hydrogen-bond donors (Lipinski definition) is 0. The Morgan fingerprint density at radius 1 is 1.17 bits per heavy atom. The lowest BCUT2D eigenvalue weighted by Crippen LogP contribution is -2.22. The van der Waals surface area contributed by atoms with Gasteiger partial charge in [-0.15, -0.1) is 0 Å². The summed E-state index contributed by atoms with van der Waals surface area (Å²) in [7, 11) is 2.22. The summed E-state index contributed by atoms with van der Waals surface area (Å²) in [5.41, 5.74) is 4.26. The van der Waals surface area contributed by atoms with Crippen molar-refractivity contribution in [1.29, 1.82) is 0 Å². The fourth-order valence-corrected chi connectivity index (χ4v) is 4.01. The largest absolute Gasteiger partial charge is 0.489 e. The molecule has 2 heterocycles. The molecule has 3 unspecified atom stereocenters. The maximum absolute atomic E-state index is 12.2. The normalized spacial score (nSPS) is 19.4. The van der Waals surface area contributed by atoms with Gasteiger partial charge in [-0.25, -0.2) is 0 Å². The molecular formula is C24H31N2O3P. The Balaban J connectivity index is 0.00000124. The molecule has 2 amide bonds. The van der Waals surface area contributed by atoms with Crippen molar-refractivity contribution in [3.63, 3.8) is 0 Å². The average molecular weight is 426 g/mol. The predicted octanol–water partition coefficient (Wildman–Crippen LogP) is 5.14. The molecule has 2 aliphatic rings. The third-order valence-corrected chi connectivity index (χ3v) is 6.22. The van der Waals surface area contributed by atoms with Crippen LogP contribution in [0.1, 0.15) is 74.4 Å². The molecule has 1 aromatic heterocycles. The summed E-state index contributed by atoms with van der Waals surface area (Å²) in [5, 5.41) is 0. The van der Waals surface area contributed by atoms with Gasteiger partial charge in [-0.2, -0.15) is 0 Å². The number of carbonyl (C=O) groups excluding carboxylic acids is 2. The van der Waals surface area contributed by atoms with E-state index >= 15 is 0 Å². The van der Waals surface area contributed by atoms with Crippen molar-refractivity contribution < 1.29 is 14.3 Å². The molecule has 1 aliphatic heterocycles. The Bertz CT molecular complexity index is 909. The summed E-state index contributed by atoms with van der Waals surface area (Å²) < 4.78 is 7.15. The number of aromatic nitrogens is 1. The van der Waals surface area contributed by atoms with E-state index in [4.69, 9.17) is 4.74 Å². The standard InChI is InChI=1S/C22H25N2O3P.C2H6/c1-13-9-18(10-20(23-13)17-7-8-17)27-12-15-3-5-16(6-4-15)14(2)19-11-21(25)24(28)22(19)26;1-2/h3-6,9-10,14,17,19H,7-8,11-12,28H2,1-2H3;1-2H3. The van der Waals surface area contributed by atoms with E-state index in [9.17, 15) is 9.59 Å². The number of benzene rings is 1. The van der Waals surface area contributed by atoms with Crippen LogP contribution >= 0.6 is 9.39 Å². The number of imide groups is 1. The molecule has 2 fully saturated rings. The highest BCUT2D eigenvalue weighted by molar-refractivity contribution is 7.16. The first-order valence-corrected chi connectivity index (χ1v) is 11.3. The minimum Gasteiger partial charge on any atom is -0.489 e. The van der Waals surface area contributed by atoms with Crippen molar-refractivity contribution in [2.75, 3.05) is 0 Å². The molecule has 0 spiro atoms. The maximum atomic E-state index is 12.2. The van der Waals surface area contributed by atoms with Crippen LogP contribution in [0.4, 0.5) is 0 Å². The van der Waals surface area contributed by atoms with E-state index < -0.39 is 0 Å². The molecule has 0 N–H and O–H groups in total. The van der Waals surface area contributed by atoms with Crippen LogP contribution in [-0.4, -0.2) is 21.5 Å². The molecule has 1 saturated carbocycles. The van der Waals surface area contributed by atoms with Gasteiger partial charge in [-0.05, 0) is 46.2 Å². The zero-order chi connectivity index (χ0) is 21.8. The van der Waals surface area contributed by atoms with Gasteiger partial charge in [-0.1, -0.05) is 45.0 Å². The predicted molar refractivity (Wildman–Crippen MR) is 121 cm³/mol. The fourth-order valence-electron chi connectivity index (χ4n) is 3.72. The van der Waals surface area contributed by atoms with Crippen molar-refractivity contribution in [3.8, 4) is 5.75 Å². The second kappa shape index (κ2) is 9.70. The molecule has 0 radical (unpaired) electrons. The van der Waals surface area contributed by atoms with E-state index in [0.717, 1.165) is 32.9 Å². The smallest absolute Gasteiger partial charge is 0.236 e. The van der Waals surface area contributed by atoms with Crippen LogP contribution in [0.15, 0.2) is 36.4 Å². The van der Waals surface area contributed by atoms with Gasteiger partial charge in [0.25, 0.3) is 0 Å². The lowest BCUT2D eigenvalue weighted by Gasteiger charge is -2.18. The molecule has 1 saturated heterocycles. The Morgan fingerprint density at radius 2 is 1.83 bits per heavy atom. The molecule has 160 valence electrons. The van der Waals surface area contributed by atoms with Crippen LogP contribution < -0.4 is 4.74 Å². The summed E-state index contributed by atoms with van der Waals surface area (Å²) >= 11 is 0. The average Bonchev–Trinajstić information content (AvgIpc) is 3.58. The molecule has 0 bridgehead atoms. The monoisotopic (exact) mass is 426 g/mol. The van der Waals surface area contributed by atoms with Gasteiger partial charge in [-0.3, -0.25) is 19.2 Å².